The summed E-state index contributed by atoms with van der Waals surface area (Å²) in [7, 11) is 0. The van der Waals surface area contributed by atoms with Crippen LogP contribution < -0.4 is 0 Å². The Bertz CT molecular complexity index is 978. The molecule has 0 N–H and O–H groups in total. The van der Waals surface area contributed by atoms with Gasteiger partial charge in [-0.25, -0.2) is 0 Å². The van der Waals surface area contributed by atoms with Gasteiger partial charge in [0.2, 0.25) is 0 Å². The van der Waals surface area contributed by atoms with Crippen LogP contribution in [-0.2, 0) is 28.6 Å². The zero-order chi connectivity index (χ0) is 46.8. The summed E-state index contributed by atoms with van der Waals surface area (Å²) in [5.41, 5.74) is 0. The molecule has 0 aromatic carbocycles. The molecule has 0 rings (SSSR count). The van der Waals surface area contributed by atoms with Crippen LogP contribution in [0.5, 0.6) is 0 Å². The summed E-state index contributed by atoms with van der Waals surface area (Å²) in [6, 6.07) is 0. The molecule has 0 aliphatic carbocycles. The predicted octanol–water partition coefficient (Wildman–Crippen LogP) is 18.9. The number of hydrogen-bond donors (Lipinski definition) is 0. The Kier molecular flexibility index (Phi) is 49.6. The smallest absolute Gasteiger partial charge is 0.306 e. The van der Waals surface area contributed by atoms with Crippen molar-refractivity contribution >= 4 is 17.9 Å². The molecule has 64 heavy (non-hydrogen) atoms. The topological polar surface area (TPSA) is 78.9 Å². The molecule has 0 bridgehead atoms. The van der Waals surface area contributed by atoms with Crippen LogP contribution in [0, 0.1) is 11.8 Å². The van der Waals surface area contributed by atoms with Crippen molar-refractivity contribution in [2.75, 3.05) is 13.2 Å². The van der Waals surface area contributed by atoms with E-state index in [9.17, 15) is 14.4 Å². The van der Waals surface area contributed by atoms with Crippen molar-refractivity contribution in [3.05, 3.63) is 0 Å². The number of esters is 3. The second kappa shape index (κ2) is 50.8. The second-order valence-corrected chi connectivity index (χ2v) is 20.9. The van der Waals surface area contributed by atoms with Crippen LogP contribution in [-0.4, -0.2) is 37.2 Å². The molecule has 0 heterocycles. The predicted molar refractivity (Wildman–Crippen MR) is 275 cm³/mol. The highest BCUT2D eigenvalue weighted by molar-refractivity contribution is 5.71. The number of hydrogen-bond acceptors (Lipinski definition) is 6. The van der Waals surface area contributed by atoms with Gasteiger partial charge < -0.3 is 14.2 Å². The molecule has 1 atom stereocenters. The normalized spacial score (nSPS) is 12.0. The van der Waals surface area contributed by atoms with Crippen molar-refractivity contribution in [3.8, 4) is 0 Å². The Morgan fingerprint density at radius 3 is 0.766 bits per heavy atom. The fraction of sp³-hybridized carbons (Fsp3) is 0.948. The summed E-state index contributed by atoms with van der Waals surface area (Å²) in [5, 5.41) is 0. The van der Waals surface area contributed by atoms with Crippen molar-refractivity contribution in [3.63, 3.8) is 0 Å². The maximum absolute atomic E-state index is 12.8. The van der Waals surface area contributed by atoms with Crippen LogP contribution in [0.15, 0.2) is 0 Å². The van der Waals surface area contributed by atoms with E-state index in [1.165, 1.54) is 212 Å². The van der Waals surface area contributed by atoms with Crippen molar-refractivity contribution in [1.29, 1.82) is 0 Å². The van der Waals surface area contributed by atoms with Crippen molar-refractivity contribution in [1.82, 2.24) is 0 Å². The summed E-state index contributed by atoms with van der Waals surface area (Å²) in [5.74, 6) is 0.844. The van der Waals surface area contributed by atoms with Gasteiger partial charge in [-0.05, 0) is 31.1 Å². The first-order valence-corrected chi connectivity index (χ1v) is 28.7. The van der Waals surface area contributed by atoms with Gasteiger partial charge in [0.05, 0.1) is 0 Å². The van der Waals surface area contributed by atoms with Gasteiger partial charge in [-0.3, -0.25) is 14.4 Å². The van der Waals surface area contributed by atoms with Gasteiger partial charge in [0.1, 0.15) is 13.2 Å². The zero-order valence-corrected chi connectivity index (χ0v) is 43.9. The van der Waals surface area contributed by atoms with Crippen LogP contribution in [0.25, 0.3) is 0 Å². The van der Waals surface area contributed by atoms with E-state index >= 15 is 0 Å². The molecule has 0 fully saturated rings. The first kappa shape index (κ1) is 62.4. The highest BCUT2D eigenvalue weighted by Crippen LogP contribution is 2.18. The van der Waals surface area contributed by atoms with Crippen LogP contribution in [0.3, 0.4) is 0 Å². The lowest BCUT2D eigenvalue weighted by Crippen LogP contribution is -2.30. The second-order valence-electron chi connectivity index (χ2n) is 20.9. The molecule has 0 aliphatic heterocycles. The molecule has 0 aliphatic rings. The van der Waals surface area contributed by atoms with Gasteiger partial charge in [-0.1, -0.05) is 285 Å². The summed E-state index contributed by atoms with van der Waals surface area (Å²) in [4.78, 5) is 38.1. The van der Waals surface area contributed by atoms with Gasteiger partial charge in [-0.15, -0.1) is 0 Å². The minimum atomic E-state index is -0.762. The third-order valence-corrected chi connectivity index (χ3v) is 13.2. The minimum absolute atomic E-state index is 0.0626. The Morgan fingerprint density at radius 2 is 0.516 bits per heavy atom. The lowest BCUT2D eigenvalue weighted by Gasteiger charge is -2.18. The third kappa shape index (κ3) is 51.4. The van der Waals surface area contributed by atoms with E-state index in [-0.39, 0.29) is 31.1 Å². The quantitative estimate of drug-likeness (QED) is 0.0344. The number of rotatable bonds is 52. The highest BCUT2D eigenvalue weighted by Gasteiger charge is 2.19. The Hall–Kier alpha value is -1.59. The van der Waals surface area contributed by atoms with E-state index in [2.05, 4.69) is 34.6 Å². The lowest BCUT2D eigenvalue weighted by molar-refractivity contribution is -0.167. The molecular formula is C58H112O6. The van der Waals surface area contributed by atoms with Crippen LogP contribution in [0.1, 0.15) is 324 Å². The van der Waals surface area contributed by atoms with Crippen molar-refractivity contribution in [2.45, 2.75) is 330 Å². The average molecular weight is 906 g/mol. The van der Waals surface area contributed by atoms with Gasteiger partial charge in [-0.2, -0.15) is 0 Å². The van der Waals surface area contributed by atoms with E-state index in [4.69, 9.17) is 14.2 Å². The summed E-state index contributed by atoms with van der Waals surface area (Å²) < 4.78 is 16.9. The minimum Gasteiger partial charge on any atom is -0.462 e. The molecule has 6 nitrogen and oxygen atoms in total. The monoisotopic (exact) mass is 905 g/mol. The van der Waals surface area contributed by atoms with Crippen LogP contribution in [0.4, 0.5) is 0 Å². The summed E-state index contributed by atoms with van der Waals surface area (Å²) in [6.45, 7) is 11.4. The first-order valence-electron chi connectivity index (χ1n) is 28.7. The molecule has 380 valence electrons. The van der Waals surface area contributed by atoms with Crippen LogP contribution >= 0.6 is 0 Å². The van der Waals surface area contributed by atoms with E-state index in [1.54, 1.807) is 0 Å². The Morgan fingerprint density at radius 1 is 0.297 bits per heavy atom. The fourth-order valence-electron chi connectivity index (χ4n) is 8.87. The number of carbonyl (C=O) groups excluding carboxylic acids is 3. The highest BCUT2D eigenvalue weighted by atomic mass is 16.6. The Balaban J connectivity index is 4.28. The maximum atomic E-state index is 12.8. The van der Waals surface area contributed by atoms with E-state index < -0.39 is 6.10 Å². The van der Waals surface area contributed by atoms with Gasteiger partial charge in [0.15, 0.2) is 6.10 Å². The first-order chi connectivity index (χ1) is 31.2. The summed E-state index contributed by atoms with van der Waals surface area (Å²) in [6.07, 6.45) is 53.7. The van der Waals surface area contributed by atoms with Gasteiger partial charge in [0.25, 0.3) is 0 Å². The fourth-order valence-corrected chi connectivity index (χ4v) is 8.87. The average Bonchev–Trinajstić information content (AvgIpc) is 3.27. The third-order valence-electron chi connectivity index (χ3n) is 13.2. The number of unbranched alkanes of at least 4 members (excludes halogenated alkanes) is 37. The molecular weight excluding hydrogens is 793 g/mol. The van der Waals surface area contributed by atoms with E-state index in [0.29, 0.717) is 19.3 Å². The molecule has 0 spiro atoms. The molecule has 0 aromatic heterocycles. The van der Waals surface area contributed by atoms with E-state index in [0.717, 1.165) is 69.6 Å². The summed E-state index contributed by atoms with van der Waals surface area (Å²) >= 11 is 0. The largest absolute Gasteiger partial charge is 0.462 e. The number of ether oxygens (including phenoxy) is 3. The van der Waals surface area contributed by atoms with E-state index in [1.807, 2.05) is 0 Å². The molecule has 0 amide bonds. The molecule has 0 saturated carbocycles. The molecule has 0 radical (unpaired) electrons. The molecule has 0 saturated heterocycles. The van der Waals surface area contributed by atoms with Gasteiger partial charge >= 0.3 is 17.9 Å². The molecule has 0 aromatic rings. The van der Waals surface area contributed by atoms with Crippen LogP contribution in [0.2, 0.25) is 0 Å². The molecule has 6 heteroatoms. The van der Waals surface area contributed by atoms with Crippen molar-refractivity contribution in [2.24, 2.45) is 11.8 Å². The SMILES string of the molecule is CCCCCCCCCCCCCCCC(=O)O[C@H](COC(=O)CCCCCCCCCCCCCCCCCC(C)C)COC(=O)CCCCCCCCCCCCCCC(C)C. The Labute approximate surface area is 399 Å². The maximum Gasteiger partial charge on any atom is 0.306 e. The molecule has 0 unspecified atom stereocenters. The van der Waals surface area contributed by atoms with Crippen molar-refractivity contribution < 1.29 is 28.6 Å². The van der Waals surface area contributed by atoms with Gasteiger partial charge in [0, 0.05) is 19.3 Å². The zero-order valence-electron chi connectivity index (χ0n) is 43.9. The number of carbonyl (C=O) groups is 3. The standard InChI is InChI=1S/C58H112O6/c1-6-7-8-9-10-11-12-16-25-30-35-40-45-50-58(61)64-55(52-63-57(60)49-44-39-34-29-24-20-19-22-27-32-37-42-47-54(4)5)51-62-56(59)48-43-38-33-28-23-18-15-13-14-17-21-26-31-36-41-46-53(2)3/h53-55H,6-52H2,1-5H3/t55-/m1/s1. The lowest BCUT2D eigenvalue weighted by atomic mass is 10.0.